The van der Waals surface area contributed by atoms with E-state index < -0.39 is 0 Å². The van der Waals surface area contributed by atoms with Crippen molar-refractivity contribution < 1.29 is 4.79 Å². The summed E-state index contributed by atoms with van der Waals surface area (Å²) in [4.78, 5) is 14.1. The van der Waals surface area contributed by atoms with Crippen molar-refractivity contribution in [3.63, 3.8) is 0 Å². The van der Waals surface area contributed by atoms with Gasteiger partial charge >= 0.3 is 0 Å². The molecule has 0 aromatic rings. The maximum Gasteiger partial charge on any atom is 0.228 e. The predicted octanol–water partition coefficient (Wildman–Crippen LogP) is 1.49. The molecule has 1 aliphatic rings. The molecule has 0 saturated carbocycles. The Balaban J connectivity index is 2.60. The highest BCUT2D eigenvalue weighted by Gasteiger charge is 2.31. The summed E-state index contributed by atoms with van der Waals surface area (Å²) >= 11 is 0. The van der Waals surface area contributed by atoms with Crippen molar-refractivity contribution in [1.82, 2.24) is 10.2 Å². The van der Waals surface area contributed by atoms with Gasteiger partial charge in [0.25, 0.3) is 0 Å². The molecule has 1 saturated heterocycles. The summed E-state index contributed by atoms with van der Waals surface area (Å²) in [5.41, 5.74) is -0.251. The Morgan fingerprint density at radius 2 is 2.00 bits per heavy atom. The second-order valence-electron chi connectivity index (χ2n) is 5.81. The van der Waals surface area contributed by atoms with Gasteiger partial charge < -0.3 is 10.2 Å². The molecule has 15 heavy (non-hydrogen) atoms. The quantitative estimate of drug-likeness (QED) is 0.714. The molecular formula is C12H24N2O. The van der Waals surface area contributed by atoms with Gasteiger partial charge in [0.1, 0.15) is 0 Å². The Bertz CT molecular complexity index is 230. The Morgan fingerprint density at radius 3 is 2.47 bits per heavy atom. The minimum absolute atomic E-state index is 0.251. The van der Waals surface area contributed by atoms with E-state index in [0.717, 1.165) is 19.6 Å². The van der Waals surface area contributed by atoms with Crippen molar-refractivity contribution in [3.05, 3.63) is 0 Å². The van der Waals surface area contributed by atoms with Gasteiger partial charge in [-0.05, 0) is 5.92 Å². The summed E-state index contributed by atoms with van der Waals surface area (Å²) in [5, 5.41) is 3.46. The summed E-state index contributed by atoms with van der Waals surface area (Å²) in [7, 11) is 0. The molecule has 0 aromatic carbocycles. The number of carbonyl (C=O) groups excluding carboxylic acids is 1. The van der Waals surface area contributed by atoms with Crippen LogP contribution in [-0.2, 0) is 4.79 Å². The van der Waals surface area contributed by atoms with E-state index in [4.69, 9.17) is 0 Å². The third-order valence-electron chi connectivity index (χ3n) is 2.94. The molecule has 0 aromatic heterocycles. The third-order valence-corrected chi connectivity index (χ3v) is 2.94. The Labute approximate surface area is 93.2 Å². The standard InChI is InChI=1S/C12H24N2O/c1-9(2)10-8-14(7-6-13-10)11(15)12(3,4)5/h9-10,13H,6-8H2,1-5H3. The van der Waals surface area contributed by atoms with Crippen LogP contribution in [0.15, 0.2) is 0 Å². The molecule has 88 valence electrons. The van der Waals surface area contributed by atoms with Crippen LogP contribution in [0, 0.1) is 11.3 Å². The van der Waals surface area contributed by atoms with Crippen LogP contribution in [0.3, 0.4) is 0 Å². The molecule has 1 rings (SSSR count). The average molecular weight is 212 g/mol. The van der Waals surface area contributed by atoms with Crippen molar-refractivity contribution in [2.75, 3.05) is 19.6 Å². The summed E-state index contributed by atoms with van der Waals surface area (Å²) in [6.45, 7) is 13.0. The normalized spacial score (nSPS) is 23.3. The topological polar surface area (TPSA) is 32.3 Å². The largest absolute Gasteiger partial charge is 0.339 e. The molecule has 1 unspecified atom stereocenters. The van der Waals surface area contributed by atoms with Gasteiger partial charge in [0.15, 0.2) is 0 Å². The first-order valence-corrected chi connectivity index (χ1v) is 5.85. The van der Waals surface area contributed by atoms with Crippen LogP contribution in [0.4, 0.5) is 0 Å². The van der Waals surface area contributed by atoms with Crippen LogP contribution in [0.2, 0.25) is 0 Å². The molecule has 1 aliphatic heterocycles. The zero-order valence-corrected chi connectivity index (χ0v) is 10.6. The van der Waals surface area contributed by atoms with Crippen LogP contribution in [0.5, 0.6) is 0 Å². The minimum Gasteiger partial charge on any atom is -0.339 e. The molecule has 3 heteroatoms. The molecule has 1 amide bonds. The molecular weight excluding hydrogens is 188 g/mol. The van der Waals surface area contributed by atoms with Crippen LogP contribution in [0.25, 0.3) is 0 Å². The van der Waals surface area contributed by atoms with Gasteiger partial charge in [-0.3, -0.25) is 4.79 Å². The van der Waals surface area contributed by atoms with E-state index in [9.17, 15) is 4.79 Å². The minimum atomic E-state index is -0.251. The highest BCUT2D eigenvalue weighted by molar-refractivity contribution is 5.81. The van der Waals surface area contributed by atoms with Crippen molar-refractivity contribution in [1.29, 1.82) is 0 Å². The number of piperazine rings is 1. The fraction of sp³-hybridized carbons (Fsp3) is 0.917. The smallest absolute Gasteiger partial charge is 0.228 e. The molecule has 0 radical (unpaired) electrons. The summed E-state index contributed by atoms with van der Waals surface area (Å²) in [6.07, 6.45) is 0. The van der Waals surface area contributed by atoms with E-state index in [-0.39, 0.29) is 11.3 Å². The Hall–Kier alpha value is -0.570. The molecule has 0 bridgehead atoms. The number of hydrogen-bond acceptors (Lipinski definition) is 2. The maximum atomic E-state index is 12.1. The predicted molar refractivity (Wildman–Crippen MR) is 62.7 cm³/mol. The third kappa shape index (κ3) is 3.20. The fourth-order valence-corrected chi connectivity index (χ4v) is 1.88. The molecule has 0 spiro atoms. The second-order valence-corrected chi connectivity index (χ2v) is 5.81. The van der Waals surface area contributed by atoms with Crippen molar-refractivity contribution >= 4 is 5.91 Å². The molecule has 1 fully saturated rings. The number of carbonyl (C=O) groups is 1. The van der Waals surface area contributed by atoms with Gasteiger partial charge in [0.2, 0.25) is 5.91 Å². The average Bonchev–Trinajstić information content (AvgIpc) is 2.15. The second kappa shape index (κ2) is 4.52. The van der Waals surface area contributed by atoms with Crippen LogP contribution < -0.4 is 5.32 Å². The lowest BCUT2D eigenvalue weighted by molar-refractivity contribution is -0.140. The first kappa shape index (κ1) is 12.5. The van der Waals surface area contributed by atoms with Gasteiger partial charge in [0, 0.05) is 31.1 Å². The lowest BCUT2D eigenvalue weighted by atomic mass is 9.93. The number of rotatable bonds is 1. The first-order chi connectivity index (χ1) is 6.82. The van der Waals surface area contributed by atoms with E-state index in [1.54, 1.807) is 0 Å². The lowest BCUT2D eigenvalue weighted by Gasteiger charge is -2.38. The zero-order chi connectivity index (χ0) is 11.6. The van der Waals surface area contributed by atoms with Crippen LogP contribution >= 0.6 is 0 Å². The number of nitrogens with one attached hydrogen (secondary N) is 1. The number of hydrogen-bond donors (Lipinski definition) is 1. The Kier molecular flexibility index (Phi) is 3.77. The van der Waals surface area contributed by atoms with E-state index in [1.165, 1.54) is 0 Å². The number of amides is 1. The SMILES string of the molecule is CC(C)C1CN(C(=O)C(C)(C)C)CCN1. The highest BCUT2D eigenvalue weighted by Crippen LogP contribution is 2.19. The first-order valence-electron chi connectivity index (χ1n) is 5.85. The van der Waals surface area contributed by atoms with Crippen molar-refractivity contribution in [3.8, 4) is 0 Å². The summed E-state index contributed by atoms with van der Waals surface area (Å²) in [6, 6.07) is 0.449. The van der Waals surface area contributed by atoms with E-state index in [1.807, 2.05) is 25.7 Å². The molecule has 1 N–H and O–H groups in total. The van der Waals surface area contributed by atoms with Gasteiger partial charge in [-0.15, -0.1) is 0 Å². The maximum absolute atomic E-state index is 12.1. The summed E-state index contributed by atoms with van der Waals surface area (Å²) in [5.74, 6) is 0.857. The molecule has 3 nitrogen and oxygen atoms in total. The number of nitrogens with zero attached hydrogens (tertiary/aromatic N) is 1. The monoisotopic (exact) mass is 212 g/mol. The van der Waals surface area contributed by atoms with Gasteiger partial charge in [-0.25, -0.2) is 0 Å². The van der Waals surface area contributed by atoms with Gasteiger partial charge in [0.05, 0.1) is 0 Å². The van der Waals surface area contributed by atoms with Crippen molar-refractivity contribution in [2.45, 2.75) is 40.7 Å². The van der Waals surface area contributed by atoms with Crippen LogP contribution in [-0.4, -0.2) is 36.5 Å². The van der Waals surface area contributed by atoms with Gasteiger partial charge in [-0.2, -0.15) is 0 Å². The van der Waals surface area contributed by atoms with Crippen molar-refractivity contribution in [2.24, 2.45) is 11.3 Å². The highest BCUT2D eigenvalue weighted by atomic mass is 16.2. The molecule has 1 heterocycles. The van der Waals surface area contributed by atoms with Crippen LogP contribution in [0.1, 0.15) is 34.6 Å². The zero-order valence-electron chi connectivity index (χ0n) is 10.6. The lowest BCUT2D eigenvalue weighted by Crippen LogP contribution is -2.56. The van der Waals surface area contributed by atoms with E-state index in [2.05, 4.69) is 19.2 Å². The Morgan fingerprint density at radius 1 is 1.40 bits per heavy atom. The summed E-state index contributed by atoms with van der Waals surface area (Å²) < 4.78 is 0. The van der Waals surface area contributed by atoms with E-state index in [0.29, 0.717) is 12.0 Å². The van der Waals surface area contributed by atoms with E-state index >= 15 is 0 Å². The molecule has 0 aliphatic carbocycles. The van der Waals surface area contributed by atoms with Gasteiger partial charge in [-0.1, -0.05) is 34.6 Å². The molecule has 1 atom stereocenters. The fourth-order valence-electron chi connectivity index (χ4n) is 1.88.